The minimum Gasteiger partial charge on any atom is -0.464 e. The molecule has 0 heterocycles. The zero-order valence-electron chi connectivity index (χ0n) is 9.51. The summed E-state index contributed by atoms with van der Waals surface area (Å²) >= 11 is 0. The largest absolute Gasteiger partial charge is 0.464 e. The normalized spacial score (nSPS) is 12.9. The third-order valence-electron chi connectivity index (χ3n) is 1.73. The molecule has 0 aliphatic carbocycles. The number of carbonyl (C=O) groups excluding carboxylic acids is 2. The molecule has 0 aliphatic rings. The van der Waals surface area contributed by atoms with Gasteiger partial charge in [0, 0.05) is 6.54 Å². The Bertz CT molecular complexity index is 367. The number of carbonyl (C=O) groups is 2. The first kappa shape index (κ1) is 15.8. The monoisotopic (exact) mass is 267 g/mol. The molecule has 0 aromatic rings. The van der Waals surface area contributed by atoms with Crippen molar-refractivity contribution in [1.82, 2.24) is 5.32 Å². The first-order chi connectivity index (χ1) is 7.78. The van der Waals surface area contributed by atoms with Crippen LogP contribution in [0.1, 0.15) is 13.3 Å². The first-order valence-electron chi connectivity index (χ1n) is 4.98. The highest BCUT2D eigenvalue weighted by atomic mass is 32.2. The summed E-state index contributed by atoms with van der Waals surface area (Å²) in [5, 5.41) is 7.07. The van der Waals surface area contributed by atoms with E-state index in [9.17, 15) is 18.0 Å². The molecule has 0 saturated carbocycles. The van der Waals surface area contributed by atoms with E-state index in [1.165, 1.54) is 0 Å². The highest BCUT2D eigenvalue weighted by molar-refractivity contribution is 7.89. The van der Waals surface area contributed by atoms with E-state index in [-0.39, 0.29) is 25.3 Å². The number of nitrogens with one attached hydrogen (secondary N) is 1. The third kappa shape index (κ3) is 7.66. The standard InChI is InChI=1S/C8H17N3O5S/c1-2-16-8(13)6(9)7(12)11-4-3-5-17(10,14)15/h6H,2-5,9H2,1H3,(H,11,12)(H2,10,14,15). The molecule has 0 aromatic carbocycles. The number of esters is 1. The minimum absolute atomic E-state index is 0.0718. The van der Waals surface area contributed by atoms with Crippen molar-refractivity contribution in [2.24, 2.45) is 10.9 Å². The van der Waals surface area contributed by atoms with Crippen molar-refractivity contribution < 1.29 is 22.7 Å². The van der Waals surface area contributed by atoms with Gasteiger partial charge in [-0.15, -0.1) is 0 Å². The number of hydrogen-bond acceptors (Lipinski definition) is 6. The molecule has 9 heteroatoms. The number of primary sulfonamides is 1. The molecule has 0 saturated heterocycles. The predicted molar refractivity (Wildman–Crippen MR) is 60.2 cm³/mol. The number of sulfonamides is 1. The van der Waals surface area contributed by atoms with E-state index in [1.807, 2.05) is 0 Å². The average molecular weight is 267 g/mol. The van der Waals surface area contributed by atoms with Crippen LogP contribution in [0.25, 0.3) is 0 Å². The van der Waals surface area contributed by atoms with Crippen LogP contribution in [0.4, 0.5) is 0 Å². The molecule has 5 N–H and O–H groups in total. The summed E-state index contributed by atoms with van der Waals surface area (Å²) in [4.78, 5) is 22.3. The number of hydrogen-bond donors (Lipinski definition) is 3. The quantitative estimate of drug-likeness (QED) is 0.268. The number of ether oxygens (including phenoxy) is 1. The molecular formula is C8H17N3O5S. The molecule has 1 atom stereocenters. The van der Waals surface area contributed by atoms with E-state index < -0.39 is 27.9 Å². The highest BCUT2D eigenvalue weighted by Gasteiger charge is 2.22. The highest BCUT2D eigenvalue weighted by Crippen LogP contribution is 1.88. The lowest BCUT2D eigenvalue weighted by molar-refractivity contribution is -0.147. The lowest BCUT2D eigenvalue weighted by atomic mass is 10.3. The Morgan fingerprint density at radius 3 is 2.47 bits per heavy atom. The molecular weight excluding hydrogens is 250 g/mol. The molecule has 100 valence electrons. The second-order valence-electron chi connectivity index (χ2n) is 3.24. The van der Waals surface area contributed by atoms with Crippen LogP contribution in [-0.2, 0) is 24.3 Å². The smallest absolute Gasteiger partial charge is 0.332 e. The summed E-state index contributed by atoms with van der Waals surface area (Å²) in [6.07, 6.45) is 0.153. The Balaban J connectivity index is 3.90. The number of amides is 1. The summed E-state index contributed by atoms with van der Waals surface area (Å²) in [7, 11) is -3.54. The van der Waals surface area contributed by atoms with Crippen LogP contribution in [-0.4, -0.2) is 45.2 Å². The SMILES string of the molecule is CCOC(=O)C(N)C(=O)NCCCS(N)(=O)=O. The van der Waals surface area contributed by atoms with Gasteiger partial charge in [0.2, 0.25) is 15.9 Å². The second kappa shape index (κ2) is 7.20. The van der Waals surface area contributed by atoms with Crippen LogP contribution in [0.3, 0.4) is 0 Å². The lowest BCUT2D eigenvalue weighted by Gasteiger charge is -2.10. The fraction of sp³-hybridized carbons (Fsp3) is 0.750. The fourth-order valence-corrected chi connectivity index (χ4v) is 1.48. The predicted octanol–water partition coefficient (Wildman–Crippen LogP) is -2.33. The van der Waals surface area contributed by atoms with Crippen LogP contribution in [0.5, 0.6) is 0 Å². The van der Waals surface area contributed by atoms with E-state index in [0.29, 0.717) is 0 Å². The Hall–Kier alpha value is -1.19. The van der Waals surface area contributed by atoms with Crippen LogP contribution in [0.2, 0.25) is 0 Å². The molecule has 1 unspecified atom stereocenters. The van der Waals surface area contributed by atoms with Crippen molar-refractivity contribution >= 4 is 21.9 Å². The Kier molecular flexibility index (Phi) is 6.69. The van der Waals surface area contributed by atoms with Gasteiger partial charge < -0.3 is 15.8 Å². The van der Waals surface area contributed by atoms with Gasteiger partial charge in [0.1, 0.15) is 0 Å². The third-order valence-corrected chi connectivity index (χ3v) is 2.59. The van der Waals surface area contributed by atoms with Gasteiger partial charge in [-0.25, -0.2) is 18.4 Å². The molecule has 0 radical (unpaired) electrons. The lowest BCUT2D eigenvalue weighted by Crippen LogP contribution is -2.47. The zero-order chi connectivity index (χ0) is 13.5. The summed E-state index contributed by atoms with van der Waals surface area (Å²) in [5.74, 6) is -1.78. The number of rotatable bonds is 7. The summed E-state index contributed by atoms with van der Waals surface area (Å²) in [6.45, 7) is 1.79. The van der Waals surface area contributed by atoms with E-state index in [4.69, 9.17) is 10.9 Å². The van der Waals surface area contributed by atoms with Gasteiger partial charge in [-0.05, 0) is 13.3 Å². The van der Waals surface area contributed by atoms with Gasteiger partial charge >= 0.3 is 5.97 Å². The van der Waals surface area contributed by atoms with E-state index in [2.05, 4.69) is 10.1 Å². The topological polar surface area (TPSA) is 142 Å². The van der Waals surface area contributed by atoms with Crippen LogP contribution < -0.4 is 16.2 Å². The van der Waals surface area contributed by atoms with E-state index in [0.717, 1.165) is 0 Å². The fourth-order valence-electron chi connectivity index (χ4n) is 0.934. The van der Waals surface area contributed by atoms with Gasteiger partial charge in [-0.2, -0.15) is 0 Å². The van der Waals surface area contributed by atoms with Crippen molar-refractivity contribution in [2.75, 3.05) is 18.9 Å². The summed E-state index contributed by atoms with van der Waals surface area (Å²) < 4.78 is 25.7. The molecule has 0 rings (SSSR count). The van der Waals surface area contributed by atoms with Crippen molar-refractivity contribution in [3.8, 4) is 0 Å². The maximum atomic E-state index is 11.3. The maximum absolute atomic E-state index is 11.3. The molecule has 17 heavy (non-hydrogen) atoms. The molecule has 1 amide bonds. The first-order valence-corrected chi connectivity index (χ1v) is 6.70. The van der Waals surface area contributed by atoms with Crippen LogP contribution in [0.15, 0.2) is 0 Å². The van der Waals surface area contributed by atoms with Gasteiger partial charge in [0.15, 0.2) is 6.04 Å². The van der Waals surface area contributed by atoms with Gasteiger partial charge in [-0.3, -0.25) is 4.79 Å². The Morgan fingerprint density at radius 2 is 2.00 bits per heavy atom. The molecule has 0 bridgehead atoms. The molecule has 0 aromatic heterocycles. The van der Waals surface area contributed by atoms with Gasteiger partial charge in [-0.1, -0.05) is 0 Å². The van der Waals surface area contributed by atoms with Crippen molar-refractivity contribution in [1.29, 1.82) is 0 Å². The van der Waals surface area contributed by atoms with Crippen LogP contribution in [0, 0.1) is 0 Å². The molecule has 0 fully saturated rings. The van der Waals surface area contributed by atoms with E-state index >= 15 is 0 Å². The molecule has 8 nitrogen and oxygen atoms in total. The van der Waals surface area contributed by atoms with Crippen molar-refractivity contribution in [3.63, 3.8) is 0 Å². The summed E-state index contributed by atoms with van der Waals surface area (Å²) in [5.41, 5.74) is 5.29. The maximum Gasteiger partial charge on any atom is 0.332 e. The van der Waals surface area contributed by atoms with Gasteiger partial charge in [0.25, 0.3) is 0 Å². The van der Waals surface area contributed by atoms with Crippen LogP contribution >= 0.6 is 0 Å². The van der Waals surface area contributed by atoms with Gasteiger partial charge in [0.05, 0.1) is 12.4 Å². The number of nitrogens with two attached hydrogens (primary N) is 2. The molecule has 0 aliphatic heterocycles. The summed E-state index contributed by atoms with van der Waals surface area (Å²) in [6, 6.07) is -1.40. The minimum atomic E-state index is -3.54. The molecule has 0 spiro atoms. The second-order valence-corrected chi connectivity index (χ2v) is 4.98. The van der Waals surface area contributed by atoms with E-state index in [1.54, 1.807) is 6.92 Å². The average Bonchev–Trinajstić information content (AvgIpc) is 2.22. The van der Waals surface area contributed by atoms with Crippen molar-refractivity contribution in [2.45, 2.75) is 19.4 Å². The zero-order valence-corrected chi connectivity index (χ0v) is 10.3. The van der Waals surface area contributed by atoms with Crippen molar-refractivity contribution in [3.05, 3.63) is 0 Å². The Morgan fingerprint density at radius 1 is 1.41 bits per heavy atom. The Labute approximate surface area is 99.7 Å².